The number of carboxylic acid groups (broad SMARTS) is 1. The van der Waals surface area contributed by atoms with E-state index in [1.807, 2.05) is 0 Å². The van der Waals surface area contributed by atoms with Crippen LogP contribution in [0.1, 0.15) is 10.4 Å². The third-order valence-corrected chi connectivity index (χ3v) is 3.02. The molecule has 21 heavy (non-hydrogen) atoms. The molecule has 0 amide bonds. The maximum Gasteiger partial charge on any atom is 0.339 e. The molecule has 8 heteroatoms. The molecule has 0 saturated heterocycles. The number of nitro benzene ring substituents is 1. The Hall–Kier alpha value is -2.48. The standard InChI is InChI=1S/C13H7BrFNO5/c14-7-4-5-8(13(17)18)11(6-7)21-12-9(15)2-1-3-10(12)16(19)20/h1-6H,(H,17,18). The van der Waals surface area contributed by atoms with Crippen LogP contribution >= 0.6 is 15.9 Å². The molecule has 0 aliphatic rings. The fourth-order valence-electron chi connectivity index (χ4n) is 1.61. The highest BCUT2D eigenvalue weighted by atomic mass is 79.9. The van der Waals surface area contributed by atoms with Crippen molar-refractivity contribution in [2.75, 3.05) is 0 Å². The Morgan fingerprint density at radius 3 is 2.67 bits per heavy atom. The first kappa shape index (κ1) is 14.9. The lowest BCUT2D eigenvalue weighted by Crippen LogP contribution is -2.02. The van der Waals surface area contributed by atoms with E-state index in [0.717, 1.165) is 12.1 Å². The average molecular weight is 356 g/mol. The van der Waals surface area contributed by atoms with Gasteiger partial charge < -0.3 is 9.84 Å². The summed E-state index contributed by atoms with van der Waals surface area (Å²) in [4.78, 5) is 21.2. The van der Waals surface area contributed by atoms with E-state index >= 15 is 0 Å². The number of hydrogen-bond donors (Lipinski definition) is 1. The fourth-order valence-corrected chi connectivity index (χ4v) is 1.95. The molecule has 0 atom stereocenters. The highest BCUT2D eigenvalue weighted by Gasteiger charge is 2.22. The Kier molecular flexibility index (Phi) is 4.18. The zero-order valence-corrected chi connectivity index (χ0v) is 11.8. The zero-order chi connectivity index (χ0) is 15.6. The molecule has 108 valence electrons. The number of carboxylic acids is 1. The van der Waals surface area contributed by atoms with Gasteiger partial charge in [-0.2, -0.15) is 0 Å². The van der Waals surface area contributed by atoms with E-state index in [-0.39, 0.29) is 11.3 Å². The number of carbonyl (C=O) groups is 1. The van der Waals surface area contributed by atoms with Crippen LogP contribution in [0.4, 0.5) is 10.1 Å². The summed E-state index contributed by atoms with van der Waals surface area (Å²) in [5.74, 6) is -3.09. The maximum absolute atomic E-state index is 13.7. The first-order valence-electron chi connectivity index (χ1n) is 5.53. The second-order valence-corrected chi connectivity index (χ2v) is 4.81. The van der Waals surface area contributed by atoms with E-state index in [0.29, 0.717) is 4.47 Å². The Morgan fingerprint density at radius 1 is 1.33 bits per heavy atom. The van der Waals surface area contributed by atoms with Crippen molar-refractivity contribution in [3.05, 3.63) is 62.4 Å². The number of rotatable bonds is 4. The van der Waals surface area contributed by atoms with Gasteiger partial charge >= 0.3 is 11.7 Å². The molecule has 2 aromatic carbocycles. The molecule has 0 aliphatic carbocycles. The van der Waals surface area contributed by atoms with Gasteiger partial charge in [-0.15, -0.1) is 0 Å². The number of halogens is 2. The number of aromatic carboxylic acids is 1. The smallest absolute Gasteiger partial charge is 0.339 e. The van der Waals surface area contributed by atoms with Crippen molar-refractivity contribution in [1.82, 2.24) is 0 Å². The fraction of sp³-hybridized carbons (Fsp3) is 0. The average Bonchev–Trinajstić information content (AvgIpc) is 2.40. The van der Waals surface area contributed by atoms with E-state index in [1.54, 1.807) is 0 Å². The van der Waals surface area contributed by atoms with Gasteiger partial charge in [0.05, 0.1) is 4.92 Å². The van der Waals surface area contributed by atoms with Crippen LogP contribution in [0.3, 0.4) is 0 Å². The van der Waals surface area contributed by atoms with Gasteiger partial charge in [-0.25, -0.2) is 9.18 Å². The van der Waals surface area contributed by atoms with Gasteiger partial charge in [0.2, 0.25) is 5.75 Å². The van der Waals surface area contributed by atoms with E-state index in [1.165, 1.54) is 24.3 Å². The lowest BCUT2D eigenvalue weighted by molar-refractivity contribution is -0.385. The Bertz CT molecular complexity index is 734. The molecule has 0 heterocycles. The van der Waals surface area contributed by atoms with Gasteiger partial charge in [0.15, 0.2) is 5.82 Å². The van der Waals surface area contributed by atoms with E-state index < -0.39 is 28.1 Å². The lowest BCUT2D eigenvalue weighted by Gasteiger charge is -2.10. The molecule has 0 aliphatic heterocycles. The number of para-hydroxylation sites is 1. The van der Waals surface area contributed by atoms with Gasteiger partial charge in [-0.1, -0.05) is 22.0 Å². The summed E-state index contributed by atoms with van der Waals surface area (Å²) in [6.45, 7) is 0. The topological polar surface area (TPSA) is 89.7 Å². The normalized spacial score (nSPS) is 10.2. The van der Waals surface area contributed by atoms with Crippen molar-refractivity contribution in [3.8, 4) is 11.5 Å². The molecule has 0 fully saturated rings. The molecule has 0 saturated carbocycles. The first-order valence-corrected chi connectivity index (χ1v) is 6.33. The van der Waals surface area contributed by atoms with Crippen molar-refractivity contribution >= 4 is 27.6 Å². The number of nitrogens with zero attached hydrogens (tertiary/aromatic N) is 1. The quantitative estimate of drug-likeness (QED) is 0.661. The van der Waals surface area contributed by atoms with Crippen molar-refractivity contribution in [2.24, 2.45) is 0 Å². The second kappa shape index (κ2) is 5.88. The summed E-state index contributed by atoms with van der Waals surface area (Å²) in [6.07, 6.45) is 0. The summed E-state index contributed by atoms with van der Waals surface area (Å²) in [5, 5.41) is 19.9. The predicted octanol–water partition coefficient (Wildman–Crippen LogP) is 3.99. The molecular weight excluding hydrogens is 349 g/mol. The monoisotopic (exact) mass is 355 g/mol. The SMILES string of the molecule is O=C(O)c1ccc(Br)cc1Oc1c(F)cccc1[N+](=O)[O-]. The minimum Gasteiger partial charge on any atom is -0.478 e. The van der Waals surface area contributed by atoms with Crippen LogP contribution in [0.5, 0.6) is 11.5 Å². The highest BCUT2D eigenvalue weighted by Crippen LogP contribution is 2.36. The Morgan fingerprint density at radius 2 is 2.05 bits per heavy atom. The third kappa shape index (κ3) is 3.16. The van der Waals surface area contributed by atoms with Crippen molar-refractivity contribution in [2.45, 2.75) is 0 Å². The largest absolute Gasteiger partial charge is 0.478 e. The summed E-state index contributed by atoms with van der Waals surface area (Å²) in [7, 11) is 0. The second-order valence-electron chi connectivity index (χ2n) is 3.89. The molecule has 0 bridgehead atoms. The van der Waals surface area contributed by atoms with Gasteiger partial charge in [-0.3, -0.25) is 10.1 Å². The Balaban J connectivity index is 2.55. The summed E-state index contributed by atoms with van der Waals surface area (Å²) in [5.41, 5.74) is -0.831. The van der Waals surface area contributed by atoms with Crippen LogP contribution in [0.15, 0.2) is 40.9 Å². The van der Waals surface area contributed by atoms with Gasteiger partial charge in [0.25, 0.3) is 0 Å². The number of ether oxygens (including phenoxy) is 1. The molecule has 1 N–H and O–H groups in total. The molecule has 6 nitrogen and oxygen atoms in total. The first-order chi connectivity index (χ1) is 9.90. The molecule has 2 aromatic rings. The summed E-state index contributed by atoms with van der Waals surface area (Å²) in [6, 6.07) is 7.22. The van der Waals surface area contributed by atoms with Crippen LogP contribution in [-0.4, -0.2) is 16.0 Å². The number of benzene rings is 2. The Labute approximate surface area is 126 Å². The zero-order valence-electron chi connectivity index (χ0n) is 10.2. The van der Waals surface area contributed by atoms with Crippen LogP contribution in [0.2, 0.25) is 0 Å². The minimum atomic E-state index is -1.29. The molecule has 0 aromatic heterocycles. The van der Waals surface area contributed by atoms with Crippen LogP contribution < -0.4 is 4.74 Å². The van der Waals surface area contributed by atoms with Crippen LogP contribution in [0, 0.1) is 15.9 Å². The molecule has 0 unspecified atom stereocenters. The molecule has 0 spiro atoms. The maximum atomic E-state index is 13.7. The van der Waals surface area contributed by atoms with E-state index in [9.17, 15) is 19.3 Å². The summed E-state index contributed by atoms with van der Waals surface area (Å²) < 4.78 is 19.4. The lowest BCUT2D eigenvalue weighted by atomic mass is 10.2. The van der Waals surface area contributed by atoms with E-state index in [4.69, 9.17) is 9.84 Å². The van der Waals surface area contributed by atoms with Gasteiger partial charge in [0, 0.05) is 10.5 Å². The van der Waals surface area contributed by atoms with Crippen LogP contribution in [-0.2, 0) is 0 Å². The third-order valence-electron chi connectivity index (χ3n) is 2.53. The highest BCUT2D eigenvalue weighted by molar-refractivity contribution is 9.10. The van der Waals surface area contributed by atoms with E-state index in [2.05, 4.69) is 15.9 Å². The van der Waals surface area contributed by atoms with Gasteiger partial charge in [0.1, 0.15) is 11.3 Å². The van der Waals surface area contributed by atoms with Crippen molar-refractivity contribution in [1.29, 1.82) is 0 Å². The molecular formula is C13H7BrFNO5. The van der Waals surface area contributed by atoms with Crippen molar-refractivity contribution in [3.63, 3.8) is 0 Å². The van der Waals surface area contributed by atoms with Gasteiger partial charge in [-0.05, 0) is 24.3 Å². The minimum absolute atomic E-state index is 0.204. The van der Waals surface area contributed by atoms with Crippen LogP contribution in [0.25, 0.3) is 0 Å². The summed E-state index contributed by atoms with van der Waals surface area (Å²) >= 11 is 3.12. The molecule has 0 radical (unpaired) electrons. The van der Waals surface area contributed by atoms with Crippen molar-refractivity contribution < 1.29 is 24.0 Å². The predicted molar refractivity (Wildman–Crippen MR) is 74.2 cm³/mol. The number of nitro groups is 1. The molecule has 2 rings (SSSR count). The number of hydrogen-bond acceptors (Lipinski definition) is 4.